The second-order valence-corrected chi connectivity index (χ2v) is 7.12. The van der Waals surface area contributed by atoms with E-state index in [1.165, 1.54) is 51.6 Å². The molecule has 1 aliphatic heterocycles. The maximum absolute atomic E-state index is 12.4. The minimum absolute atomic E-state index is 0.147. The van der Waals surface area contributed by atoms with Crippen molar-refractivity contribution in [1.29, 1.82) is 0 Å². The summed E-state index contributed by atoms with van der Waals surface area (Å²) in [6, 6.07) is 4.22. The number of likely N-dealkylation sites (tertiary alicyclic amines) is 1. The minimum atomic E-state index is 0.147. The number of aromatic nitrogens is 1. The summed E-state index contributed by atoms with van der Waals surface area (Å²) in [7, 11) is 0. The standard InChI is InChI=1S/C19H29N3O/c23-19(13-16-7-6-10-20-14-16)21-18-9-3-2-8-17(18)15-22-11-4-1-5-12-22/h6-7,10,14,17-18H,1-5,8-9,11-13,15H2,(H,21,23)/t17-,18+/m0/s1. The predicted octanol–water partition coefficient (Wildman–Crippen LogP) is 2.79. The zero-order valence-electron chi connectivity index (χ0n) is 14.0. The van der Waals surface area contributed by atoms with Crippen molar-refractivity contribution in [3.8, 4) is 0 Å². The zero-order valence-corrected chi connectivity index (χ0v) is 14.0. The molecule has 1 aliphatic carbocycles. The molecule has 1 aromatic rings. The molecule has 0 unspecified atom stereocenters. The number of hydrogen-bond donors (Lipinski definition) is 1. The van der Waals surface area contributed by atoms with Gasteiger partial charge in [0.15, 0.2) is 0 Å². The van der Waals surface area contributed by atoms with Crippen molar-refractivity contribution in [3.63, 3.8) is 0 Å². The average Bonchev–Trinajstić information content (AvgIpc) is 2.58. The smallest absolute Gasteiger partial charge is 0.224 e. The van der Waals surface area contributed by atoms with Gasteiger partial charge in [-0.3, -0.25) is 9.78 Å². The fraction of sp³-hybridized carbons (Fsp3) is 0.684. The molecule has 4 nitrogen and oxygen atoms in total. The Morgan fingerprint density at radius 2 is 2.00 bits per heavy atom. The summed E-state index contributed by atoms with van der Waals surface area (Å²) in [4.78, 5) is 19.1. The lowest BCUT2D eigenvalue weighted by Crippen LogP contribution is -2.47. The van der Waals surface area contributed by atoms with E-state index in [9.17, 15) is 4.79 Å². The van der Waals surface area contributed by atoms with Crippen LogP contribution in [0.4, 0.5) is 0 Å². The molecule has 3 rings (SSSR count). The predicted molar refractivity (Wildman–Crippen MR) is 92.1 cm³/mol. The van der Waals surface area contributed by atoms with Gasteiger partial charge in [-0.05, 0) is 56.3 Å². The van der Waals surface area contributed by atoms with Gasteiger partial charge in [0.25, 0.3) is 0 Å². The molecule has 1 saturated carbocycles. The van der Waals surface area contributed by atoms with Crippen LogP contribution in [0.2, 0.25) is 0 Å². The highest BCUT2D eigenvalue weighted by molar-refractivity contribution is 5.78. The Hall–Kier alpha value is -1.42. The molecule has 1 aromatic heterocycles. The Balaban J connectivity index is 1.52. The van der Waals surface area contributed by atoms with Crippen LogP contribution < -0.4 is 5.32 Å². The molecule has 23 heavy (non-hydrogen) atoms. The van der Waals surface area contributed by atoms with E-state index < -0.39 is 0 Å². The van der Waals surface area contributed by atoms with Gasteiger partial charge in [0.1, 0.15) is 0 Å². The van der Waals surface area contributed by atoms with Gasteiger partial charge in [-0.15, -0.1) is 0 Å². The lowest BCUT2D eigenvalue weighted by molar-refractivity contribution is -0.121. The number of piperidine rings is 1. The number of pyridine rings is 1. The first-order chi connectivity index (χ1) is 11.3. The molecule has 1 N–H and O–H groups in total. The third-order valence-corrected chi connectivity index (χ3v) is 5.28. The van der Waals surface area contributed by atoms with Gasteiger partial charge in [-0.1, -0.05) is 25.3 Å². The number of hydrogen-bond acceptors (Lipinski definition) is 3. The minimum Gasteiger partial charge on any atom is -0.353 e. The number of carbonyl (C=O) groups is 1. The average molecular weight is 315 g/mol. The third-order valence-electron chi connectivity index (χ3n) is 5.28. The van der Waals surface area contributed by atoms with E-state index in [1.54, 1.807) is 12.4 Å². The Morgan fingerprint density at radius 3 is 2.78 bits per heavy atom. The number of rotatable bonds is 5. The largest absolute Gasteiger partial charge is 0.353 e. The summed E-state index contributed by atoms with van der Waals surface area (Å²) in [5, 5.41) is 3.31. The second kappa shape index (κ2) is 8.44. The van der Waals surface area contributed by atoms with Crippen LogP contribution in [-0.4, -0.2) is 41.5 Å². The van der Waals surface area contributed by atoms with E-state index in [-0.39, 0.29) is 5.91 Å². The van der Waals surface area contributed by atoms with E-state index >= 15 is 0 Å². The first-order valence-corrected chi connectivity index (χ1v) is 9.22. The Bertz CT molecular complexity index is 485. The first-order valence-electron chi connectivity index (χ1n) is 9.22. The van der Waals surface area contributed by atoms with E-state index in [0.29, 0.717) is 18.4 Å². The van der Waals surface area contributed by atoms with Crippen molar-refractivity contribution in [1.82, 2.24) is 15.2 Å². The topological polar surface area (TPSA) is 45.2 Å². The molecule has 2 atom stereocenters. The molecule has 2 aliphatic rings. The van der Waals surface area contributed by atoms with Crippen molar-refractivity contribution in [2.75, 3.05) is 19.6 Å². The van der Waals surface area contributed by atoms with Crippen LogP contribution in [0.15, 0.2) is 24.5 Å². The first kappa shape index (κ1) is 16.4. The second-order valence-electron chi connectivity index (χ2n) is 7.12. The number of nitrogens with zero attached hydrogens (tertiary/aromatic N) is 2. The fourth-order valence-electron chi connectivity index (χ4n) is 4.04. The lowest BCUT2D eigenvalue weighted by Gasteiger charge is -2.37. The van der Waals surface area contributed by atoms with E-state index in [4.69, 9.17) is 0 Å². The normalized spacial score (nSPS) is 25.9. The maximum atomic E-state index is 12.4. The molecule has 2 fully saturated rings. The summed E-state index contributed by atoms with van der Waals surface area (Å²) < 4.78 is 0. The van der Waals surface area contributed by atoms with Crippen LogP contribution >= 0.6 is 0 Å². The van der Waals surface area contributed by atoms with Crippen LogP contribution in [0.1, 0.15) is 50.5 Å². The number of nitrogens with one attached hydrogen (secondary N) is 1. The third kappa shape index (κ3) is 5.03. The van der Waals surface area contributed by atoms with Crippen molar-refractivity contribution >= 4 is 5.91 Å². The highest BCUT2D eigenvalue weighted by Crippen LogP contribution is 2.26. The molecule has 1 amide bonds. The molecule has 4 heteroatoms. The molecule has 0 bridgehead atoms. The summed E-state index contributed by atoms with van der Waals surface area (Å²) in [6.45, 7) is 3.65. The van der Waals surface area contributed by atoms with Crippen LogP contribution in [0.25, 0.3) is 0 Å². The summed E-state index contributed by atoms with van der Waals surface area (Å²) in [5.41, 5.74) is 0.994. The van der Waals surface area contributed by atoms with Crippen molar-refractivity contribution < 1.29 is 4.79 Å². The molecular weight excluding hydrogens is 286 g/mol. The lowest BCUT2D eigenvalue weighted by atomic mass is 9.83. The van der Waals surface area contributed by atoms with Gasteiger partial charge >= 0.3 is 0 Å². The SMILES string of the molecule is O=C(Cc1cccnc1)N[C@@H]1CCCC[C@H]1CN1CCCCC1. The van der Waals surface area contributed by atoms with Gasteiger partial charge in [0.05, 0.1) is 6.42 Å². The molecule has 0 aromatic carbocycles. The number of carbonyl (C=O) groups excluding carboxylic acids is 1. The fourth-order valence-corrected chi connectivity index (χ4v) is 4.04. The van der Waals surface area contributed by atoms with Crippen LogP contribution in [0.5, 0.6) is 0 Å². The van der Waals surface area contributed by atoms with E-state index in [2.05, 4.69) is 15.2 Å². The van der Waals surface area contributed by atoms with Crippen LogP contribution in [0.3, 0.4) is 0 Å². The van der Waals surface area contributed by atoms with Crippen molar-refractivity contribution in [2.45, 2.75) is 57.4 Å². The molecular formula is C19H29N3O. The van der Waals surface area contributed by atoms with Gasteiger partial charge < -0.3 is 10.2 Å². The van der Waals surface area contributed by atoms with Crippen molar-refractivity contribution in [3.05, 3.63) is 30.1 Å². The Morgan fingerprint density at radius 1 is 1.17 bits per heavy atom. The van der Waals surface area contributed by atoms with Gasteiger partial charge in [0.2, 0.25) is 5.91 Å². The van der Waals surface area contributed by atoms with Crippen molar-refractivity contribution in [2.24, 2.45) is 5.92 Å². The summed E-state index contributed by atoms with van der Waals surface area (Å²) in [5.74, 6) is 0.772. The highest BCUT2D eigenvalue weighted by atomic mass is 16.1. The van der Waals surface area contributed by atoms with E-state index in [1.807, 2.05) is 12.1 Å². The molecule has 2 heterocycles. The van der Waals surface area contributed by atoms with E-state index in [0.717, 1.165) is 18.5 Å². The summed E-state index contributed by atoms with van der Waals surface area (Å²) >= 11 is 0. The number of amides is 1. The summed E-state index contributed by atoms with van der Waals surface area (Å²) in [6.07, 6.45) is 13.0. The quantitative estimate of drug-likeness (QED) is 0.909. The highest BCUT2D eigenvalue weighted by Gasteiger charge is 2.28. The molecule has 0 spiro atoms. The molecule has 1 saturated heterocycles. The monoisotopic (exact) mass is 315 g/mol. The van der Waals surface area contributed by atoms with Gasteiger partial charge in [-0.25, -0.2) is 0 Å². The Labute approximate surface area is 139 Å². The van der Waals surface area contributed by atoms with Gasteiger partial charge in [-0.2, -0.15) is 0 Å². The Kier molecular flexibility index (Phi) is 6.03. The maximum Gasteiger partial charge on any atom is 0.224 e. The van der Waals surface area contributed by atoms with Gasteiger partial charge in [0, 0.05) is 25.0 Å². The zero-order chi connectivity index (χ0) is 15.9. The van der Waals surface area contributed by atoms with Crippen LogP contribution in [0, 0.1) is 5.92 Å². The molecule has 126 valence electrons. The van der Waals surface area contributed by atoms with Crippen LogP contribution in [-0.2, 0) is 11.2 Å². The molecule has 0 radical (unpaired) electrons.